The van der Waals surface area contributed by atoms with Gasteiger partial charge in [0.25, 0.3) is 0 Å². The Labute approximate surface area is 126 Å². The molecule has 0 bridgehead atoms. The number of aliphatic hydroxyl groups excluding tert-OH is 1. The molecule has 21 heavy (non-hydrogen) atoms. The van der Waals surface area contributed by atoms with E-state index in [0.29, 0.717) is 12.3 Å². The molecule has 1 amide bonds. The Morgan fingerprint density at radius 3 is 2.90 bits per heavy atom. The summed E-state index contributed by atoms with van der Waals surface area (Å²) >= 11 is 0. The summed E-state index contributed by atoms with van der Waals surface area (Å²) in [5.74, 6) is 6.64. The van der Waals surface area contributed by atoms with Crippen molar-refractivity contribution in [2.75, 3.05) is 11.9 Å². The molecule has 112 valence electrons. The second-order valence-electron chi connectivity index (χ2n) is 5.83. The highest BCUT2D eigenvalue weighted by molar-refractivity contribution is 5.94. The second kappa shape index (κ2) is 7.28. The van der Waals surface area contributed by atoms with Crippen LogP contribution in [-0.4, -0.2) is 17.6 Å². The third kappa shape index (κ3) is 4.09. The van der Waals surface area contributed by atoms with Crippen molar-refractivity contribution in [3.8, 4) is 11.8 Å². The van der Waals surface area contributed by atoms with Crippen LogP contribution in [0.3, 0.4) is 0 Å². The van der Waals surface area contributed by atoms with Gasteiger partial charge in [0.05, 0.1) is 12.3 Å². The summed E-state index contributed by atoms with van der Waals surface area (Å²) in [5.41, 5.74) is 2.70. The van der Waals surface area contributed by atoms with Gasteiger partial charge in [-0.2, -0.15) is 0 Å². The van der Waals surface area contributed by atoms with Crippen molar-refractivity contribution >= 4 is 11.6 Å². The van der Waals surface area contributed by atoms with Crippen LogP contribution in [0.1, 0.15) is 43.7 Å². The first-order valence-corrected chi connectivity index (χ1v) is 7.63. The zero-order chi connectivity index (χ0) is 15.2. The van der Waals surface area contributed by atoms with Gasteiger partial charge >= 0.3 is 0 Å². The number of rotatable bonds is 3. The molecule has 1 aliphatic carbocycles. The molecule has 0 aromatic heterocycles. The van der Waals surface area contributed by atoms with Crippen LogP contribution in [0.2, 0.25) is 0 Å². The van der Waals surface area contributed by atoms with Crippen molar-refractivity contribution in [2.45, 2.75) is 39.5 Å². The van der Waals surface area contributed by atoms with E-state index in [1.165, 1.54) is 0 Å². The molecule has 3 heteroatoms. The first kappa shape index (κ1) is 15.6. The quantitative estimate of drug-likeness (QED) is 0.838. The van der Waals surface area contributed by atoms with Crippen LogP contribution >= 0.6 is 0 Å². The fourth-order valence-electron chi connectivity index (χ4n) is 2.84. The predicted molar refractivity (Wildman–Crippen MR) is 84.9 cm³/mol. The third-order valence-corrected chi connectivity index (χ3v) is 4.09. The Morgan fingerprint density at radius 2 is 2.24 bits per heavy atom. The van der Waals surface area contributed by atoms with E-state index in [0.717, 1.165) is 36.1 Å². The third-order valence-electron chi connectivity index (χ3n) is 4.09. The Balaban J connectivity index is 2.15. The van der Waals surface area contributed by atoms with Gasteiger partial charge in [0.2, 0.25) is 5.91 Å². The molecule has 0 heterocycles. The van der Waals surface area contributed by atoms with Crippen molar-refractivity contribution in [3.05, 3.63) is 29.3 Å². The van der Waals surface area contributed by atoms with E-state index in [1.54, 1.807) is 0 Å². The lowest BCUT2D eigenvalue weighted by Crippen LogP contribution is -2.24. The number of carbonyl (C=O) groups is 1. The van der Waals surface area contributed by atoms with Crippen LogP contribution in [0.4, 0.5) is 5.69 Å². The first-order chi connectivity index (χ1) is 10.1. The molecule has 1 saturated carbocycles. The summed E-state index contributed by atoms with van der Waals surface area (Å²) < 4.78 is 0. The van der Waals surface area contributed by atoms with Crippen LogP contribution in [0.25, 0.3) is 0 Å². The van der Waals surface area contributed by atoms with Crippen molar-refractivity contribution in [1.82, 2.24) is 0 Å². The van der Waals surface area contributed by atoms with E-state index in [1.807, 2.05) is 25.1 Å². The zero-order valence-corrected chi connectivity index (χ0v) is 12.8. The number of benzene rings is 1. The maximum Gasteiger partial charge on any atom is 0.227 e. The highest BCUT2D eigenvalue weighted by Gasteiger charge is 2.29. The van der Waals surface area contributed by atoms with Crippen molar-refractivity contribution < 1.29 is 9.90 Å². The maximum absolute atomic E-state index is 12.4. The largest absolute Gasteiger partial charge is 0.395 e. The van der Waals surface area contributed by atoms with E-state index in [9.17, 15) is 4.79 Å². The Morgan fingerprint density at radius 1 is 1.43 bits per heavy atom. The minimum Gasteiger partial charge on any atom is -0.395 e. The molecule has 3 nitrogen and oxygen atoms in total. The number of anilines is 1. The van der Waals surface area contributed by atoms with Gasteiger partial charge in [-0.25, -0.2) is 0 Å². The van der Waals surface area contributed by atoms with Gasteiger partial charge in [-0.3, -0.25) is 4.79 Å². The lowest BCUT2D eigenvalue weighted by Gasteiger charge is -2.16. The maximum atomic E-state index is 12.4. The van der Waals surface area contributed by atoms with Gasteiger partial charge in [0.1, 0.15) is 0 Å². The Bertz CT molecular complexity index is 568. The molecule has 1 fully saturated rings. The fourth-order valence-corrected chi connectivity index (χ4v) is 2.84. The van der Waals surface area contributed by atoms with Crippen molar-refractivity contribution in [1.29, 1.82) is 0 Å². The topological polar surface area (TPSA) is 49.3 Å². The summed E-state index contributed by atoms with van der Waals surface area (Å²) in [7, 11) is 0. The Hall–Kier alpha value is -1.79. The van der Waals surface area contributed by atoms with Gasteiger partial charge < -0.3 is 10.4 Å². The summed E-state index contributed by atoms with van der Waals surface area (Å²) in [5, 5.41) is 11.8. The second-order valence-corrected chi connectivity index (χ2v) is 5.83. The molecule has 2 N–H and O–H groups in total. The van der Waals surface area contributed by atoms with Gasteiger partial charge in [0.15, 0.2) is 0 Å². The van der Waals surface area contributed by atoms with E-state index in [-0.39, 0.29) is 18.4 Å². The van der Waals surface area contributed by atoms with Crippen molar-refractivity contribution in [2.24, 2.45) is 11.8 Å². The van der Waals surface area contributed by atoms with Gasteiger partial charge in [-0.05, 0) is 43.4 Å². The predicted octanol–water partition coefficient (Wildman–Crippen LogP) is 3.10. The fraction of sp³-hybridized carbons (Fsp3) is 0.500. The van der Waals surface area contributed by atoms with Crippen LogP contribution < -0.4 is 5.32 Å². The molecular weight excluding hydrogens is 262 g/mol. The lowest BCUT2D eigenvalue weighted by atomic mass is 9.97. The number of carbonyl (C=O) groups excluding carboxylic acids is 1. The lowest BCUT2D eigenvalue weighted by molar-refractivity contribution is -0.120. The van der Waals surface area contributed by atoms with E-state index < -0.39 is 0 Å². The molecule has 2 unspecified atom stereocenters. The molecular formula is C18H23NO2. The number of hydrogen-bond donors (Lipinski definition) is 2. The van der Waals surface area contributed by atoms with E-state index in [4.69, 9.17) is 5.11 Å². The van der Waals surface area contributed by atoms with Gasteiger partial charge in [0, 0.05) is 17.9 Å². The minimum atomic E-state index is 0.0557. The SMILES string of the molecule is Cc1ccc(NC(=O)C2CCCC2C)c(C#CCCO)c1. The van der Waals surface area contributed by atoms with E-state index >= 15 is 0 Å². The highest BCUT2D eigenvalue weighted by Crippen LogP contribution is 2.32. The molecule has 0 aliphatic heterocycles. The van der Waals surface area contributed by atoms with Gasteiger partial charge in [-0.1, -0.05) is 31.3 Å². The average Bonchev–Trinajstić information content (AvgIpc) is 2.88. The summed E-state index contributed by atoms with van der Waals surface area (Å²) in [6.07, 6.45) is 3.69. The van der Waals surface area contributed by atoms with Crippen LogP contribution in [0.15, 0.2) is 18.2 Å². The smallest absolute Gasteiger partial charge is 0.227 e. The normalized spacial score (nSPS) is 20.7. The van der Waals surface area contributed by atoms with Crippen LogP contribution in [0.5, 0.6) is 0 Å². The van der Waals surface area contributed by atoms with Crippen molar-refractivity contribution in [3.63, 3.8) is 0 Å². The first-order valence-electron chi connectivity index (χ1n) is 7.63. The average molecular weight is 285 g/mol. The zero-order valence-electron chi connectivity index (χ0n) is 12.8. The monoisotopic (exact) mass is 285 g/mol. The summed E-state index contributed by atoms with van der Waals surface area (Å²) in [6.45, 7) is 4.20. The minimum absolute atomic E-state index is 0.0557. The summed E-state index contributed by atoms with van der Waals surface area (Å²) in [6, 6.07) is 5.86. The van der Waals surface area contributed by atoms with E-state index in [2.05, 4.69) is 24.1 Å². The van der Waals surface area contributed by atoms with Gasteiger partial charge in [-0.15, -0.1) is 0 Å². The molecule has 1 aliphatic rings. The van der Waals surface area contributed by atoms with Crippen LogP contribution in [-0.2, 0) is 4.79 Å². The molecule has 0 saturated heterocycles. The molecule has 0 spiro atoms. The highest BCUT2D eigenvalue weighted by atomic mass is 16.2. The molecule has 2 rings (SSSR count). The van der Waals surface area contributed by atoms with Crippen LogP contribution in [0, 0.1) is 30.6 Å². The molecule has 0 radical (unpaired) electrons. The summed E-state index contributed by atoms with van der Waals surface area (Å²) in [4.78, 5) is 12.4. The standard InChI is InChI=1S/C18H23NO2/c1-13-9-10-17(15(12-13)7-3-4-11-20)19-18(21)16-8-5-6-14(16)2/h9-10,12,14,16,20H,4-6,8,11H2,1-2H3,(H,19,21). The molecule has 2 atom stereocenters. The molecule has 1 aromatic carbocycles. The number of aliphatic hydroxyl groups is 1. The molecule has 1 aromatic rings. The number of aryl methyl sites for hydroxylation is 1. The Kier molecular flexibility index (Phi) is 5.41. The number of hydrogen-bond acceptors (Lipinski definition) is 2. The number of nitrogens with one attached hydrogen (secondary N) is 1. The number of amides is 1.